The first-order valence-electron chi connectivity index (χ1n) is 8.23. The van der Waals surface area contributed by atoms with Gasteiger partial charge in [0.15, 0.2) is 5.82 Å². The second-order valence-electron chi connectivity index (χ2n) is 5.79. The van der Waals surface area contributed by atoms with Crippen molar-refractivity contribution < 1.29 is 4.79 Å². The number of benzene rings is 3. The molecule has 5 heteroatoms. The third kappa shape index (κ3) is 3.37. The van der Waals surface area contributed by atoms with Crippen LogP contribution in [0.1, 0.15) is 16.2 Å². The van der Waals surface area contributed by atoms with E-state index in [-0.39, 0.29) is 11.7 Å². The van der Waals surface area contributed by atoms with Gasteiger partial charge in [0.05, 0.1) is 17.2 Å². The zero-order valence-corrected chi connectivity index (χ0v) is 13.9. The Kier molecular flexibility index (Phi) is 4.26. The predicted molar refractivity (Wildman–Crippen MR) is 103 cm³/mol. The fourth-order valence-electron chi connectivity index (χ4n) is 2.67. The SMILES string of the molecule is O=C(N/N=C/c1ccc(-c2ccccc2)cc1)c1nc2ccccc2[nH]1. The Hall–Kier alpha value is -3.73. The Morgan fingerprint density at radius 3 is 2.35 bits per heavy atom. The largest absolute Gasteiger partial charge is 0.334 e. The Balaban J connectivity index is 1.42. The maximum Gasteiger partial charge on any atom is 0.307 e. The third-order valence-electron chi connectivity index (χ3n) is 4.00. The van der Waals surface area contributed by atoms with E-state index in [1.54, 1.807) is 6.21 Å². The number of rotatable bonds is 4. The second-order valence-corrected chi connectivity index (χ2v) is 5.79. The number of fused-ring (bicyclic) bond motifs is 1. The smallest absolute Gasteiger partial charge is 0.307 e. The van der Waals surface area contributed by atoms with Gasteiger partial charge in [-0.25, -0.2) is 10.4 Å². The van der Waals surface area contributed by atoms with Crippen LogP contribution in [0.3, 0.4) is 0 Å². The van der Waals surface area contributed by atoms with Crippen molar-refractivity contribution in [2.45, 2.75) is 0 Å². The molecule has 0 aliphatic heterocycles. The van der Waals surface area contributed by atoms with Gasteiger partial charge in [0.25, 0.3) is 0 Å². The minimum absolute atomic E-state index is 0.239. The number of imidazole rings is 1. The first-order chi connectivity index (χ1) is 12.8. The van der Waals surface area contributed by atoms with E-state index >= 15 is 0 Å². The van der Waals surface area contributed by atoms with Gasteiger partial charge in [-0.3, -0.25) is 4.79 Å². The lowest BCUT2D eigenvalue weighted by molar-refractivity contribution is 0.0946. The summed E-state index contributed by atoms with van der Waals surface area (Å²) in [6.45, 7) is 0. The van der Waals surface area contributed by atoms with Crippen LogP contribution in [0, 0.1) is 0 Å². The molecule has 3 aromatic carbocycles. The summed E-state index contributed by atoms with van der Waals surface area (Å²) < 4.78 is 0. The molecule has 0 fully saturated rings. The molecule has 2 N–H and O–H groups in total. The fraction of sp³-hybridized carbons (Fsp3) is 0. The quantitative estimate of drug-likeness (QED) is 0.435. The van der Waals surface area contributed by atoms with Crippen molar-refractivity contribution in [3.05, 3.63) is 90.3 Å². The van der Waals surface area contributed by atoms with Crippen LogP contribution in [-0.2, 0) is 0 Å². The van der Waals surface area contributed by atoms with E-state index in [4.69, 9.17) is 0 Å². The molecule has 0 saturated carbocycles. The summed E-state index contributed by atoms with van der Waals surface area (Å²) in [4.78, 5) is 19.3. The maximum absolute atomic E-state index is 12.1. The molecule has 1 amide bonds. The van der Waals surface area contributed by atoms with Gasteiger partial charge in [0.1, 0.15) is 0 Å². The highest BCUT2D eigenvalue weighted by Crippen LogP contribution is 2.18. The molecule has 0 bridgehead atoms. The van der Waals surface area contributed by atoms with Crippen molar-refractivity contribution in [2.75, 3.05) is 0 Å². The minimum atomic E-state index is -0.377. The lowest BCUT2D eigenvalue weighted by Gasteiger charge is -2.01. The predicted octanol–water partition coefficient (Wildman–Crippen LogP) is 3.99. The van der Waals surface area contributed by atoms with Crippen molar-refractivity contribution in [3.63, 3.8) is 0 Å². The van der Waals surface area contributed by atoms with E-state index in [0.717, 1.165) is 27.7 Å². The van der Waals surface area contributed by atoms with Gasteiger partial charge in [0, 0.05) is 0 Å². The summed E-state index contributed by atoms with van der Waals surface area (Å²) in [7, 11) is 0. The van der Waals surface area contributed by atoms with Gasteiger partial charge >= 0.3 is 5.91 Å². The van der Waals surface area contributed by atoms with Crippen LogP contribution in [0.25, 0.3) is 22.2 Å². The summed E-state index contributed by atoms with van der Waals surface area (Å²) in [6, 6.07) is 25.6. The Morgan fingerprint density at radius 2 is 1.58 bits per heavy atom. The molecule has 5 nitrogen and oxygen atoms in total. The lowest BCUT2D eigenvalue weighted by atomic mass is 10.0. The van der Waals surface area contributed by atoms with Crippen molar-refractivity contribution in [2.24, 2.45) is 5.10 Å². The number of aromatic amines is 1. The minimum Gasteiger partial charge on any atom is -0.334 e. The monoisotopic (exact) mass is 340 g/mol. The number of para-hydroxylation sites is 2. The maximum atomic E-state index is 12.1. The van der Waals surface area contributed by atoms with Gasteiger partial charge in [-0.1, -0.05) is 66.7 Å². The molecule has 0 atom stereocenters. The molecule has 0 spiro atoms. The molecule has 0 radical (unpaired) electrons. The molecule has 0 aliphatic rings. The zero-order chi connectivity index (χ0) is 17.8. The van der Waals surface area contributed by atoms with Crippen molar-refractivity contribution in [1.82, 2.24) is 15.4 Å². The highest BCUT2D eigenvalue weighted by molar-refractivity contribution is 5.94. The highest BCUT2D eigenvalue weighted by Gasteiger charge is 2.09. The number of hydrogen-bond donors (Lipinski definition) is 2. The zero-order valence-electron chi connectivity index (χ0n) is 13.9. The Morgan fingerprint density at radius 1 is 0.885 bits per heavy atom. The molecule has 126 valence electrons. The molecule has 1 aromatic heterocycles. The molecule has 1 heterocycles. The average molecular weight is 340 g/mol. The number of H-pyrrole nitrogens is 1. The van der Waals surface area contributed by atoms with Crippen molar-refractivity contribution in [1.29, 1.82) is 0 Å². The first-order valence-corrected chi connectivity index (χ1v) is 8.23. The summed E-state index contributed by atoms with van der Waals surface area (Å²) in [5.74, 6) is -0.138. The molecular weight excluding hydrogens is 324 g/mol. The summed E-state index contributed by atoms with van der Waals surface area (Å²) in [6.07, 6.45) is 1.61. The number of nitrogens with zero attached hydrogens (tertiary/aromatic N) is 2. The van der Waals surface area contributed by atoms with Gasteiger partial charge in [-0.05, 0) is 28.8 Å². The van der Waals surface area contributed by atoms with Crippen molar-refractivity contribution >= 4 is 23.2 Å². The number of nitrogens with one attached hydrogen (secondary N) is 2. The summed E-state index contributed by atoms with van der Waals surface area (Å²) in [5, 5.41) is 4.01. The average Bonchev–Trinajstić information content (AvgIpc) is 3.13. The number of carbonyl (C=O) groups is 1. The number of hydrazone groups is 1. The van der Waals surface area contributed by atoms with Crippen LogP contribution >= 0.6 is 0 Å². The van der Waals surface area contributed by atoms with Crippen LogP contribution in [0.4, 0.5) is 0 Å². The van der Waals surface area contributed by atoms with E-state index in [1.165, 1.54) is 0 Å². The van der Waals surface area contributed by atoms with Gasteiger partial charge < -0.3 is 4.98 Å². The standard InChI is InChI=1S/C21H16N4O/c26-21(20-23-18-8-4-5-9-19(18)24-20)25-22-14-15-10-12-17(13-11-15)16-6-2-1-3-7-16/h1-14H,(H,23,24)(H,25,26)/b22-14+. The van der Waals surface area contributed by atoms with E-state index in [1.807, 2.05) is 66.7 Å². The molecular formula is C21H16N4O. The van der Waals surface area contributed by atoms with E-state index < -0.39 is 0 Å². The topological polar surface area (TPSA) is 70.1 Å². The van der Waals surface area contributed by atoms with Crippen LogP contribution in [-0.4, -0.2) is 22.1 Å². The van der Waals surface area contributed by atoms with Crippen LogP contribution < -0.4 is 5.43 Å². The highest BCUT2D eigenvalue weighted by atomic mass is 16.2. The summed E-state index contributed by atoms with van der Waals surface area (Å²) >= 11 is 0. The lowest BCUT2D eigenvalue weighted by Crippen LogP contribution is -2.19. The van der Waals surface area contributed by atoms with Gasteiger partial charge in [-0.2, -0.15) is 5.10 Å². The molecule has 0 saturated heterocycles. The summed E-state index contributed by atoms with van der Waals surface area (Å²) in [5.41, 5.74) is 7.25. The van der Waals surface area contributed by atoms with E-state index in [9.17, 15) is 4.79 Å². The number of amides is 1. The van der Waals surface area contributed by atoms with Crippen molar-refractivity contribution in [3.8, 4) is 11.1 Å². The van der Waals surface area contributed by atoms with Gasteiger partial charge in [0.2, 0.25) is 0 Å². The Bertz CT molecular complexity index is 1030. The van der Waals surface area contributed by atoms with Crippen LogP contribution in [0.5, 0.6) is 0 Å². The molecule has 4 rings (SSSR count). The third-order valence-corrected chi connectivity index (χ3v) is 4.00. The Labute approximate surface area is 150 Å². The molecule has 26 heavy (non-hydrogen) atoms. The normalized spacial score (nSPS) is 11.1. The molecule has 0 unspecified atom stereocenters. The van der Waals surface area contributed by atoms with Crippen LogP contribution in [0.2, 0.25) is 0 Å². The van der Waals surface area contributed by atoms with Gasteiger partial charge in [-0.15, -0.1) is 0 Å². The number of hydrogen-bond acceptors (Lipinski definition) is 3. The molecule has 0 aliphatic carbocycles. The fourth-order valence-corrected chi connectivity index (χ4v) is 2.67. The first kappa shape index (κ1) is 15.8. The van der Waals surface area contributed by atoms with E-state index in [0.29, 0.717) is 0 Å². The second kappa shape index (κ2) is 7.03. The van der Waals surface area contributed by atoms with Crippen LogP contribution in [0.15, 0.2) is 84.0 Å². The molecule has 4 aromatic rings. The number of carbonyl (C=O) groups excluding carboxylic acids is 1. The van der Waals surface area contributed by atoms with E-state index in [2.05, 4.69) is 32.6 Å². The number of aromatic nitrogens is 2.